The van der Waals surface area contributed by atoms with Gasteiger partial charge in [-0.15, -0.1) is 0 Å². The Morgan fingerprint density at radius 1 is 1.09 bits per heavy atom. The van der Waals surface area contributed by atoms with Gasteiger partial charge in [-0.3, -0.25) is 14.6 Å². The summed E-state index contributed by atoms with van der Waals surface area (Å²) >= 11 is 0. The maximum Gasteiger partial charge on any atom is 0.289 e. The number of aromatic nitrogens is 1. The number of hydrogen-bond donors (Lipinski definition) is 0. The van der Waals surface area contributed by atoms with Crippen molar-refractivity contribution in [2.45, 2.75) is 13.3 Å². The molecule has 3 rings (SSSR count). The predicted molar refractivity (Wildman–Crippen MR) is 83.9 cm³/mol. The van der Waals surface area contributed by atoms with Gasteiger partial charge in [0.05, 0.1) is 6.42 Å². The summed E-state index contributed by atoms with van der Waals surface area (Å²) in [5.41, 5.74) is 0.766. The molecule has 3 heterocycles. The number of hydrogen-bond acceptors (Lipinski definition) is 4. The van der Waals surface area contributed by atoms with Gasteiger partial charge < -0.3 is 14.2 Å². The fourth-order valence-corrected chi connectivity index (χ4v) is 2.63. The van der Waals surface area contributed by atoms with Gasteiger partial charge in [0, 0.05) is 38.1 Å². The third-order valence-corrected chi connectivity index (χ3v) is 3.93. The van der Waals surface area contributed by atoms with Crippen molar-refractivity contribution in [3.05, 3.63) is 53.7 Å². The minimum absolute atomic E-state index is 0.0460. The second kappa shape index (κ2) is 6.64. The van der Waals surface area contributed by atoms with E-state index >= 15 is 0 Å². The van der Waals surface area contributed by atoms with Crippen LogP contribution in [0.4, 0.5) is 0 Å². The molecule has 1 aliphatic heterocycles. The van der Waals surface area contributed by atoms with Crippen LogP contribution >= 0.6 is 0 Å². The maximum absolute atomic E-state index is 12.3. The van der Waals surface area contributed by atoms with Crippen molar-refractivity contribution in [1.82, 2.24) is 14.8 Å². The number of carbonyl (C=O) groups is 2. The summed E-state index contributed by atoms with van der Waals surface area (Å²) in [4.78, 5) is 32.3. The molecular weight excluding hydrogens is 294 g/mol. The topological polar surface area (TPSA) is 66.7 Å². The van der Waals surface area contributed by atoms with Crippen LogP contribution in [0.25, 0.3) is 0 Å². The third-order valence-electron chi connectivity index (χ3n) is 3.93. The average molecular weight is 313 g/mol. The van der Waals surface area contributed by atoms with E-state index in [-0.39, 0.29) is 11.8 Å². The van der Waals surface area contributed by atoms with Gasteiger partial charge in [0.25, 0.3) is 5.91 Å². The quantitative estimate of drug-likeness (QED) is 0.861. The van der Waals surface area contributed by atoms with Crippen molar-refractivity contribution in [1.29, 1.82) is 0 Å². The van der Waals surface area contributed by atoms with Crippen molar-refractivity contribution < 1.29 is 14.0 Å². The zero-order valence-electron chi connectivity index (χ0n) is 13.1. The van der Waals surface area contributed by atoms with E-state index < -0.39 is 0 Å². The van der Waals surface area contributed by atoms with Crippen LogP contribution in [0, 0.1) is 6.92 Å². The highest BCUT2D eigenvalue weighted by molar-refractivity contribution is 5.91. The van der Waals surface area contributed by atoms with Crippen LogP contribution in [0.5, 0.6) is 0 Å². The molecule has 0 spiro atoms. The lowest BCUT2D eigenvalue weighted by molar-refractivity contribution is -0.132. The van der Waals surface area contributed by atoms with Crippen LogP contribution < -0.4 is 0 Å². The number of aryl methyl sites for hydroxylation is 1. The molecule has 0 radical (unpaired) electrons. The Morgan fingerprint density at radius 3 is 2.43 bits per heavy atom. The van der Waals surface area contributed by atoms with Crippen molar-refractivity contribution in [3.8, 4) is 0 Å². The number of amides is 2. The molecule has 0 atom stereocenters. The molecule has 2 amide bonds. The lowest BCUT2D eigenvalue weighted by atomic mass is 10.2. The van der Waals surface area contributed by atoms with Gasteiger partial charge in [-0.2, -0.15) is 0 Å². The van der Waals surface area contributed by atoms with Gasteiger partial charge >= 0.3 is 0 Å². The first-order valence-electron chi connectivity index (χ1n) is 7.67. The standard InChI is InChI=1S/C17H19N3O3/c1-13-5-6-15(23-13)17(22)20-10-8-19(9-11-20)16(21)12-14-4-2-3-7-18-14/h2-7H,8-12H2,1H3. The van der Waals surface area contributed by atoms with Crippen LogP contribution in [0.15, 0.2) is 40.9 Å². The molecule has 6 heteroatoms. The van der Waals surface area contributed by atoms with Gasteiger partial charge in [0.2, 0.25) is 5.91 Å². The second-order valence-corrected chi connectivity index (χ2v) is 5.58. The number of furan rings is 1. The number of carbonyl (C=O) groups excluding carboxylic acids is 2. The minimum Gasteiger partial charge on any atom is -0.456 e. The van der Waals surface area contributed by atoms with Gasteiger partial charge in [-0.1, -0.05) is 6.07 Å². The summed E-state index contributed by atoms with van der Waals surface area (Å²) in [6.07, 6.45) is 1.98. The van der Waals surface area contributed by atoms with E-state index in [2.05, 4.69) is 4.98 Å². The van der Waals surface area contributed by atoms with Gasteiger partial charge in [-0.25, -0.2) is 0 Å². The molecule has 2 aromatic heterocycles. The van der Waals surface area contributed by atoms with Crippen LogP contribution in [0.1, 0.15) is 22.0 Å². The zero-order valence-corrected chi connectivity index (χ0v) is 13.1. The van der Waals surface area contributed by atoms with Crippen molar-refractivity contribution in [2.75, 3.05) is 26.2 Å². The molecule has 1 aliphatic rings. The average Bonchev–Trinajstić information content (AvgIpc) is 3.02. The molecule has 0 saturated carbocycles. The first kappa shape index (κ1) is 15.3. The van der Waals surface area contributed by atoms with E-state index in [1.165, 1.54) is 0 Å². The molecule has 6 nitrogen and oxygen atoms in total. The molecule has 0 unspecified atom stereocenters. The van der Waals surface area contributed by atoms with Crippen LogP contribution in [0.2, 0.25) is 0 Å². The maximum atomic E-state index is 12.3. The summed E-state index contributed by atoms with van der Waals surface area (Å²) in [5, 5.41) is 0. The lowest BCUT2D eigenvalue weighted by Crippen LogP contribution is -2.51. The molecule has 0 bridgehead atoms. The predicted octanol–water partition coefficient (Wildman–Crippen LogP) is 1.51. The molecule has 23 heavy (non-hydrogen) atoms. The Labute approximate surface area is 134 Å². The van der Waals surface area contributed by atoms with E-state index in [0.29, 0.717) is 38.4 Å². The molecule has 120 valence electrons. The molecule has 1 fully saturated rings. The second-order valence-electron chi connectivity index (χ2n) is 5.58. The highest BCUT2D eigenvalue weighted by Gasteiger charge is 2.26. The Hall–Kier alpha value is -2.63. The summed E-state index contributed by atoms with van der Waals surface area (Å²) in [7, 11) is 0. The van der Waals surface area contributed by atoms with Gasteiger partial charge in [0.15, 0.2) is 5.76 Å². The number of rotatable bonds is 3. The molecule has 0 N–H and O–H groups in total. The normalized spacial score (nSPS) is 14.8. The molecular formula is C17H19N3O3. The smallest absolute Gasteiger partial charge is 0.289 e. The van der Waals surface area contributed by atoms with E-state index in [4.69, 9.17) is 4.42 Å². The largest absolute Gasteiger partial charge is 0.456 e. The monoisotopic (exact) mass is 313 g/mol. The molecule has 0 aliphatic carbocycles. The Morgan fingerprint density at radius 2 is 1.83 bits per heavy atom. The van der Waals surface area contributed by atoms with E-state index in [0.717, 1.165) is 11.5 Å². The van der Waals surface area contributed by atoms with E-state index in [9.17, 15) is 9.59 Å². The lowest BCUT2D eigenvalue weighted by Gasteiger charge is -2.34. The molecule has 0 aromatic carbocycles. The highest BCUT2D eigenvalue weighted by Crippen LogP contribution is 2.12. The van der Waals surface area contributed by atoms with Gasteiger partial charge in [-0.05, 0) is 31.2 Å². The summed E-state index contributed by atoms with van der Waals surface area (Å²) < 4.78 is 5.37. The fourth-order valence-electron chi connectivity index (χ4n) is 2.63. The van der Waals surface area contributed by atoms with Crippen LogP contribution in [0.3, 0.4) is 0 Å². The summed E-state index contributed by atoms with van der Waals surface area (Å²) in [6, 6.07) is 9.01. The Kier molecular flexibility index (Phi) is 4.41. The van der Waals surface area contributed by atoms with E-state index in [1.807, 2.05) is 25.1 Å². The molecule has 2 aromatic rings. The summed E-state index contributed by atoms with van der Waals surface area (Å²) in [6.45, 7) is 3.93. The minimum atomic E-state index is -0.116. The van der Waals surface area contributed by atoms with Crippen molar-refractivity contribution >= 4 is 11.8 Å². The number of pyridine rings is 1. The fraction of sp³-hybridized carbons (Fsp3) is 0.353. The highest BCUT2D eigenvalue weighted by atomic mass is 16.3. The summed E-state index contributed by atoms with van der Waals surface area (Å²) in [5.74, 6) is 1.01. The zero-order chi connectivity index (χ0) is 16.2. The Bertz CT molecular complexity index is 688. The number of nitrogens with zero attached hydrogens (tertiary/aromatic N) is 3. The van der Waals surface area contributed by atoms with Crippen LogP contribution in [-0.2, 0) is 11.2 Å². The van der Waals surface area contributed by atoms with Crippen molar-refractivity contribution in [3.63, 3.8) is 0 Å². The van der Waals surface area contributed by atoms with E-state index in [1.54, 1.807) is 28.1 Å². The third kappa shape index (κ3) is 3.59. The SMILES string of the molecule is Cc1ccc(C(=O)N2CCN(C(=O)Cc3ccccn3)CC2)o1. The van der Waals surface area contributed by atoms with Gasteiger partial charge in [0.1, 0.15) is 5.76 Å². The number of piperazine rings is 1. The van der Waals surface area contributed by atoms with Crippen LogP contribution in [-0.4, -0.2) is 52.8 Å². The molecule has 1 saturated heterocycles. The first-order valence-corrected chi connectivity index (χ1v) is 7.67. The van der Waals surface area contributed by atoms with Crippen molar-refractivity contribution in [2.24, 2.45) is 0 Å². The Balaban J connectivity index is 1.54. The first-order chi connectivity index (χ1) is 11.1.